The summed E-state index contributed by atoms with van der Waals surface area (Å²) in [6.07, 6.45) is 0. The van der Waals surface area contributed by atoms with Crippen molar-refractivity contribution in [1.29, 1.82) is 0 Å². The van der Waals surface area contributed by atoms with Gasteiger partial charge in [0.1, 0.15) is 0 Å². The van der Waals surface area contributed by atoms with Crippen LogP contribution in [0.3, 0.4) is 0 Å². The fraction of sp³-hybridized carbons (Fsp3) is 0. The van der Waals surface area contributed by atoms with Gasteiger partial charge in [-0.3, -0.25) is 0 Å². The first-order chi connectivity index (χ1) is 2.77. The Balaban J connectivity index is 4.13. The fourth-order valence-electron chi connectivity index (χ4n) is 0.0423. The minimum absolute atomic E-state index is 0.127. The molecule has 0 rings (SSSR count). The zero-order chi connectivity index (χ0) is 4.99. The Hall–Kier alpha value is -0.190. The number of halogens is 2. The molecule has 0 fully saturated rings. The average Bonchev–Trinajstić information content (AvgIpc) is 1.35. The average molecular weight is 121 g/mol. The van der Waals surface area contributed by atoms with Crippen LogP contribution in [0.4, 0.5) is 0 Å². The van der Waals surface area contributed by atoms with Crippen molar-refractivity contribution in [3.63, 3.8) is 0 Å². The van der Waals surface area contributed by atoms with Crippen LogP contribution < -0.4 is 5.41 Å². The van der Waals surface area contributed by atoms with E-state index in [0.717, 1.165) is 0 Å². The highest BCUT2D eigenvalue weighted by Crippen LogP contribution is 2.00. The van der Waals surface area contributed by atoms with Crippen molar-refractivity contribution in [1.82, 2.24) is 5.41 Å². The molecule has 0 saturated heterocycles. The quantitative estimate of drug-likeness (QED) is 0.336. The van der Waals surface area contributed by atoms with Gasteiger partial charge < -0.3 is 0 Å². The van der Waals surface area contributed by atoms with Crippen LogP contribution in [0.25, 0.3) is 0 Å². The third-order valence-electron chi connectivity index (χ3n) is 0.150. The maximum atomic E-state index is 7.69. The molecule has 1 radical (unpaired) electrons. The van der Waals surface area contributed by atoms with Gasteiger partial charge >= 0.3 is 0 Å². The molecule has 0 N–H and O–H groups in total. The molecule has 0 amide bonds. The number of hydrogen-bond acceptors (Lipinski definition) is 0. The highest BCUT2D eigenvalue weighted by atomic mass is 35.5. The van der Waals surface area contributed by atoms with Gasteiger partial charge in [0.2, 0.25) is 0 Å². The lowest BCUT2D eigenvalue weighted by atomic mass is 10.9. The summed E-state index contributed by atoms with van der Waals surface area (Å²) in [4.78, 5) is 0. The van der Waals surface area contributed by atoms with E-state index in [-0.39, 0.29) is 4.49 Å². The summed E-state index contributed by atoms with van der Waals surface area (Å²) < 4.78 is -0.127. The minimum atomic E-state index is -0.127. The molecule has 0 unspecified atom stereocenters. The monoisotopic (exact) mass is 120 g/mol. The summed E-state index contributed by atoms with van der Waals surface area (Å²) in [6, 6.07) is 0. The van der Waals surface area contributed by atoms with Crippen LogP contribution in [0.15, 0.2) is 10.2 Å². The smallest absolute Gasteiger partial charge is 0.0873 e. The highest BCUT2D eigenvalue weighted by molar-refractivity contribution is 6.55. The zero-order valence-electron chi connectivity index (χ0n) is 2.70. The lowest BCUT2D eigenvalue weighted by Gasteiger charge is -1.58. The molecule has 0 aromatic carbocycles. The van der Waals surface area contributed by atoms with Gasteiger partial charge in [-0.15, -0.1) is 0 Å². The third kappa shape index (κ3) is 3.81. The van der Waals surface area contributed by atoms with Gasteiger partial charge in [-0.1, -0.05) is 28.6 Å². The molecule has 0 spiro atoms. The topological polar surface area (TPSA) is 22.3 Å². The van der Waals surface area contributed by atoms with Gasteiger partial charge in [0, 0.05) is 0 Å². The molecular weight excluding hydrogens is 121 g/mol. The van der Waals surface area contributed by atoms with E-state index < -0.39 is 0 Å². The minimum Gasteiger partial charge on any atom is -0.0873 e. The van der Waals surface area contributed by atoms with Gasteiger partial charge in [-0.05, 0) is 5.73 Å². The second kappa shape index (κ2) is 3.02. The predicted octanol–water partition coefficient (Wildman–Crippen LogP) is 0.930. The van der Waals surface area contributed by atoms with E-state index in [2.05, 4.69) is 0 Å². The first-order valence-corrected chi connectivity index (χ1v) is 1.86. The molecule has 0 saturated carbocycles. The fourth-order valence-corrected chi connectivity index (χ4v) is 0.127. The molecule has 0 heterocycles. The van der Waals surface area contributed by atoms with E-state index in [9.17, 15) is 0 Å². The Morgan fingerprint density at radius 2 is 2.00 bits per heavy atom. The van der Waals surface area contributed by atoms with Gasteiger partial charge in [-0.25, -0.2) is 0 Å². The van der Waals surface area contributed by atoms with Crippen LogP contribution in [-0.2, 0) is 0 Å². The van der Waals surface area contributed by atoms with Crippen molar-refractivity contribution < 1.29 is 0 Å². The summed E-state index contributed by atoms with van der Waals surface area (Å²) >= 11 is 9.85. The molecule has 0 aromatic heterocycles. The molecule has 3 heteroatoms. The molecule has 1 nitrogen and oxygen atoms in total. The Kier molecular flexibility index (Phi) is 2.92. The van der Waals surface area contributed by atoms with Crippen LogP contribution in [0, 0.1) is 0 Å². The molecule has 0 aliphatic carbocycles. The van der Waals surface area contributed by atoms with Gasteiger partial charge in [0.25, 0.3) is 0 Å². The largest absolute Gasteiger partial charge is 0.158 e. The first kappa shape index (κ1) is 5.81. The summed E-state index contributed by atoms with van der Waals surface area (Å²) in [6.45, 7) is 0. The molecule has 31 valence electrons. The standard InChI is InChI=1S/C3Cl2N/c4-3(5)1-2-6. The van der Waals surface area contributed by atoms with Gasteiger partial charge in [-0.2, -0.15) is 0 Å². The van der Waals surface area contributed by atoms with E-state index in [4.69, 9.17) is 28.6 Å². The maximum absolute atomic E-state index is 7.69. The number of hydrogen-bond donors (Lipinski definition) is 0. The van der Waals surface area contributed by atoms with Gasteiger partial charge in [0.15, 0.2) is 4.49 Å². The predicted molar refractivity (Wildman–Crippen MR) is 25.9 cm³/mol. The van der Waals surface area contributed by atoms with Crippen molar-refractivity contribution in [2.75, 3.05) is 0 Å². The maximum Gasteiger partial charge on any atom is 0.158 e. The van der Waals surface area contributed by atoms with Crippen molar-refractivity contribution in [2.45, 2.75) is 0 Å². The van der Waals surface area contributed by atoms with E-state index in [0.29, 0.717) is 0 Å². The molecule has 0 bridgehead atoms. The van der Waals surface area contributed by atoms with E-state index in [1.54, 1.807) is 0 Å². The molecule has 6 heavy (non-hydrogen) atoms. The van der Waals surface area contributed by atoms with E-state index in [1.165, 1.54) is 5.87 Å². The SMILES string of the molecule is [N]=C=C=C(Cl)Cl. The van der Waals surface area contributed by atoms with Crippen molar-refractivity contribution in [3.8, 4) is 0 Å². The molecule has 0 atom stereocenters. The summed E-state index contributed by atoms with van der Waals surface area (Å²) in [7, 11) is 0. The second-order valence-electron chi connectivity index (χ2n) is 0.497. The molecule has 0 aliphatic heterocycles. The van der Waals surface area contributed by atoms with Crippen LogP contribution in [-0.4, -0.2) is 5.87 Å². The zero-order valence-corrected chi connectivity index (χ0v) is 4.22. The van der Waals surface area contributed by atoms with E-state index >= 15 is 0 Å². The lowest BCUT2D eigenvalue weighted by molar-refractivity contribution is 1.94. The Morgan fingerprint density at radius 3 is 2.00 bits per heavy atom. The summed E-state index contributed by atoms with van der Waals surface area (Å²) in [5.41, 5.74) is 1.96. The van der Waals surface area contributed by atoms with Crippen molar-refractivity contribution >= 4 is 29.1 Å². The molecular formula is C3Cl2N. The number of nitrogens with zero attached hydrogens (tertiary/aromatic N) is 1. The third-order valence-corrected chi connectivity index (χ3v) is 0.339. The van der Waals surface area contributed by atoms with Crippen molar-refractivity contribution in [2.24, 2.45) is 0 Å². The van der Waals surface area contributed by atoms with Crippen molar-refractivity contribution in [3.05, 3.63) is 10.2 Å². The number of rotatable bonds is 0. The van der Waals surface area contributed by atoms with Crippen LogP contribution in [0.1, 0.15) is 0 Å². The Labute approximate surface area is 45.4 Å². The molecule has 0 aliphatic rings. The highest BCUT2D eigenvalue weighted by Gasteiger charge is 1.68. The normalized spacial score (nSPS) is 5.67. The van der Waals surface area contributed by atoms with Crippen LogP contribution in [0.2, 0.25) is 0 Å². The van der Waals surface area contributed by atoms with E-state index in [1.807, 2.05) is 5.73 Å². The summed E-state index contributed by atoms with van der Waals surface area (Å²) in [5.74, 6) is 1.52. The second-order valence-corrected chi connectivity index (χ2v) is 1.45. The van der Waals surface area contributed by atoms with Crippen LogP contribution >= 0.6 is 23.2 Å². The van der Waals surface area contributed by atoms with Crippen LogP contribution in [0.5, 0.6) is 0 Å². The Bertz CT molecular complexity index is 113. The first-order valence-electron chi connectivity index (χ1n) is 1.10. The Morgan fingerprint density at radius 1 is 1.50 bits per heavy atom. The molecule has 0 aromatic rings. The lowest BCUT2D eigenvalue weighted by Crippen LogP contribution is -1.43. The summed E-state index contributed by atoms with van der Waals surface area (Å²) in [5, 5.41) is 7.69. The van der Waals surface area contributed by atoms with Gasteiger partial charge in [0.05, 0.1) is 5.87 Å².